The van der Waals surface area contributed by atoms with Crippen LogP contribution >= 0.6 is 85.5 Å². The maximum Gasteiger partial charge on any atom is 0.191 e. The van der Waals surface area contributed by atoms with Gasteiger partial charge in [-0.2, -0.15) is 0 Å². The molecule has 0 atom stereocenters. The number of rotatable bonds is 0. The largest absolute Gasteiger partial charge is 0.448 e. The summed E-state index contributed by atoms with van der Waals surface area (Å²) in [5.41, 5.74) is 0. The van der Waals surface area contributed by atoms with E-state index in [0.717, 1.165) is 0 Å². The van der Waals surface area contributed by atoms with Crippen molar-refractivity contribution in [2.75, 3.05) is 0 Å². The monoisotopic (exact) mass is 466 g/mol. The van der Waals surface area contributed by atoms with E-state index in [1.54, 1.807) is 0 Å². The van der Waals surface area contributed by atoms with Crippen molar-refractivity contribution >= 4 is 85.5 Å². The fraction of sp³-hybridized carbons (Fsp3) is 0. The Morgan fingerprint density at radius 1 is 0.667 bits per heavy atom. The van der Waals surface area contributed by atoms with Gasteiger partial charge in [-0.25, -0.2) is 0 Å². The zero-order chi connectivity index (χ0) is 15.5. The summed E-state index contributed by atoms with van der Waals surface area (Å²) in [6.07, 6.45) is 0. The molecule has 0 N–H and O–H groups in total. The molecule has 9 heteroatoms. The van der Waals surface area contributed by atoms with Crippen molar-refractivity contribution in [1.82, 2.24) is 0 Å². The average Bonchev–Trinajstić information content (AvgIpc) is 2.47. The standard InChI is InChI=1S/C12HBrCl6O2/c13-4-5(15)2(14)1-3-10(4)21-12-9(19)7(17)6(16)8(18)11(12)20-3/h1H. The highest BCUT2D eigenvalue weighted by Gasteiger charge is 2.31. The number of hydrogen-bond donors (Lipinski definition) is 0. The highest BCUT2D eigenvalue weighted by atomic mass is 79.9. The summed E-state index contributed by atoms with van der Waals surface area (Å²) in [5, 5.41) is 0.901. The number of ether oxygens (including phenoxy) is 2. The Morgan fingerprint density at radius 3 is 1.76 bits per heavy atom. The molecule has 0 unspecified atom stereocenters. The minimum atomic E-state index is 0.0744. The van der Waals surface area contributed by atoms with E-state index in [0.29, 0.717) is 16.0 Å². The third kappa shape index (κ3) is 2.47. The molecule has 0 fully saturated rings. The summed E-state index contributed by atoms with van der Waals surface area (Å²) in [4.78, 5) is 0. The van der Waals surface area contributed by atoms with Gasteiger partial charge in [0, 0.05) is 6.07 Å². The molecule has 3 rings (SSSR count). The normalized spacial score (nSPS) is 12.3. The molecule has 2 aromatic carbocycles. The molecule has 1 aliphatic heterocycles. The average molecular weight is 470 g/mol. The fourth-order valence-electron chi connectivity index (χ4n) is 1.71. The minimum absolute atomic E-state index is 0.0744. The van der Waals surface area contributed by atoms with Crippen molar-refractivity contribution in [3.8, 4) is 23.0 Å². The molecule has 0 aromatic heterocycles. The molecular weight excluding hydrogens is 469 g/mol. The molecule has 0 aliphatic carbocycles. The Bertz CT molecular complexity index is 793. The van der Waals surface area contributed by atoms with Crippen LogP contribution < -0.4 is 9.47 Å². The Kier molecular flexibility index (Phi) is 4.39. The predicted molar refractivity (Wildman–Crippen MR) is 90.8 cm³/mol. The predicted octanol–water partition coefficient (Wildman–Crippen LogP) is 8.27. The van der Waals surface area contributed by atoms with Crippen LogP contribution in [0.4, 0.5) is 0 Å². The Hall–Kier alpha value is 0.260. The second-order valence-corrected chi connectivity index (χ2v) is 7.02. The van der Waals surface area contributed by atoms with Crippen LogP contribution in [0.15, 0.2) is 10.5 Å². The molecular formula is C12HBrCl6O2. The van der Waals surface area contributed by atoms with Gasteiger partial charge in [-0.05, 0) is 15.9 Å². The first-order valence-electron chi connectivity index (χ1n) is 5.22. The Balaban J connectivity index is 2.27. The molecule has 0 saturated heterocycles. The van der Waals surface area contributed by atoms with E-state index < -0.39 is 0 Å². The topological polar surface area (TPSA) is 18.5 Å². The lowest BCUT2D eigenvalue weighted by Crippen LogP contribution is -2.02. The lowest BCUT2D eigenvalue weighted by atomic mass is 10.2. The van der Waals surface area contributed by atoms with Crippen LogP contribution in [0.25, 0.3) is 0 Å². The van der Waals surface area contributed by atoms with Crippen LogP contribution in [-0.4, -0.2) is 0 Å². The molecule has 21 heavy (non-hydrogen) atoms. The van der Waals surface area contributed by atoms with E-state index in [-0.39, 0.29) is 41.6 Å². The van der Waals surface area contributed by atoms with Crippen molar-refractivity contribution in [1.29, 1.82) is 0 Å². The van der Waals surface area contributed by atoms with Crippen LogP contribution in [0, 0.1) is 0 Å². The van der Waals surface area contributed by atoms with Crippen molar-refractivity contribution in [3.05, 3.63) is 40.7 Å². The zero-order valence-corrected chi connectivity index (χ0v) is 15.7. The molecule has 1 aliphatic rings. The highest BCUT2D eigenvalue weighted by molar-refractivity contribution is 9.10. The van der Waals surface area contributed by atoms with Crippen molar-refractivity contribution in [2.45, 2.75) is 0 Å². The number of benzene rings is 2. The van der Waals surface area contributed by atoms with Gasteiger partial charge in [0.05, 0.1) is 24.6 Å². The third-order valence-corrected chi connectivity index (χ3v) is 6.22. The molecule has 0 amide bonds. The summed E-state index contributed by atoms with van der Waals surface area (Å²) in [6, 6.07) is 1.50. The maximum atomic E-state index is 6.12. The number of hydrogen-bond acceptors (Lipinski definition) is 2. The summed E-state index contributed by atoms with van der Waals surface area (Å²) < 4.78 is 11.8. The first-order chi connectivity index (χ1) is 9.82. The smallest absolute Gasteiger partial charge is 0.191 e. The molecule has 2 nitrogen and oxygen atoms in total. The van der Waals surface area contributed by atoms with Crippen LogP contribution in [0.5, 0.6) is 23.0 Å². The SMILES string of the molecule is Clc1cc2c(c(Br)c1Cl)Oc1c(Cl)c(Cl)c(Cl)c(Cl)c1O2. The highest BCUT2D eigenvalue weighted by Crippen LogP contribution is 2.59. The van der Waals surface area contributed by atoms with Crippen LogP contribution in [0.1, 0.15) is 0 Å². The molecule has 0 radical (unpaired) electrons. The van der Waals surface area contributed by atoms with E-state index in [4.69, 9.17) is 79.1 Å². The van der Waals surface area contributed by atoms with Crippen molar-refractivity contribution < 1.29 is 9.47 Å². The van der Waals surface area contributed by atoms with Gasteiger partial charge in [-0.3, -0.25) is 0 Å². The van der Waals surface area contributed by atoms with Gasteiger partial charge in [-0.1, -0.05) is 69.6 Å². The fourth-order valence-corrected chi connectivity index (χ4v) is 3.55. The van der Waals surface area contributed by atoms with Crippen molar-refractivity contribution in [3.63, 3.8) is 0 Å². The maximum absolute atomic E-state index is 6.12. The summed E-state index contributed by atoms with van der Waals surface area (Å²) in [5.74, 6) is 0.949. The van der Waals surface area contributed by atoms with Gasteiger partial charge in [0.2, 0.25) is 0 Å². The van der Waals surface area contributed by atoms with Crippen LogP contribution in [0.2, 0.25) is 30.1 Å². The quantitative estimate of drug-likeness (QED) is 0.244. The molecule has 110 valence electrons. The lowest BCUT2D eigenvalue weighted by Gasteiger charge is -2.24. The molecule has 0 bridgehead atoms. The summed E-state index contributed by atoms with van der Waals surface area (Å²) >= 11 is 39.6. The molecule has 0 spiro atoms. The lowest BCUT2D eigenvalue weighted by molar-refractivity contribution is 0.358. The second-order valence-electron chi connectivity index (χ2n) is 3.93. The van der Waals surface area contributed by atoms with Crippen LogP contribution in [-0.2, 0) is 0 Å². The van der Waals surface area contributed by atoms with Gasteiger partial charge in [-0.15, -0.1) is 0 Å². The van der Waals surface area contributed by atoms with E-state index in [1.165, 1.54) is 6.07 Å². The number of halogens is 7. The van der Waals surface area contributed by atoms with Gasteiger partial charge < -0.3 is 9.47 Å². The van der Waals surface area contributed by atoms with Crippen molar-refractivity contribution in [2.24, 2.45) is 0 Å². The number of fused-ring (bicyclic) bond motifs is 2. The first-order valence-corrected chi connectivity index (χ1v) is 8.28. The van der Waals surface area contributed by atoms with E-state index in [2.05, 4.69) is 15.9 Å². The second kappa shape index (κ2) is 5.72. The van der Waals surface area contributed by atoms with Gasteiger partial charge in [0.25, 0.3) is 0 Å². The summed E-state index contributed by atoms with van der Waals surface area (Å²) in [7, 11) is 0. The minimum Gasteiger partial charge on any atom is -0.448 e. The Labute approximate surface area is 157 Å². The molecule has 2 aromatic rings. The van der Waals surface area contributed by atoms with E-state index in [1.807, 2.05) is 0 Å². The zero-order valence-electron chi connectivity index (χ0n) is 9.54. The molecule has 1 heterocycles. The van der Waals surface area contributed by atoms with Crippen LogP contribution in [0.3, 0.4) is 0 Å². The third-order valence-electron chi connectivity index (χ3n) is 2.68. The molecule has 0 saturated carbocycles. The van der Waals surface area contributed by atoms with Gasteiger partial charge in [0.1, 0.15) is 10.0 Å². The van der Waals surface area contributed by atoms with Gasteiger partial charge >= 0.3 is 0 Å². The summed E-state index contributed by atoms with van der Waals surface area (Å²) in [6.45, 7) is 0. The van der Waals surface area contributed by atoms with E-state index >= 15 is 0 Å². The van der Waals surface area contributed by atoms with E-state index in [9.17, 15) is 0 Å². The van der Waals surface area contributed by atoms with Gasteiger partial charge in [0.15, 0.2) is 23.0 Å². The Morgan fingerprint density at radius 2 is 1.19 bits per heavy atom. The first kappa shape index (κ1) is 16.1.